The van der Waals surface area contributed by atoms with Gasteiger partial charge < -0.3 is 15.4 Å². The van der Waals surface area contributed by atoms with Crippen LogP contribution in [0, 0.1) is 5.41 Å². The fourth-order valence-electron chi connectivity index (χ4n) is 3.40. The van der Waals surface area contributed by atoms with Gasteiger partial charge >= 0.3 is 0 Å². The molecular weight excluding hydrogens is 276 g/mol. The summed E-state index contributed by atoms with van der Waals surface area (Å²) < 4.78 is 5.45. The molecule has 1 aliphatic carbocycles. The largest absolute Gasteiger partial charge is 0.379 e. The molecule has 2 N–H and O–H groups in total. The van der Waals surface area contributed by atoms with Gasteiger partial charge in [0.05, 0.1) is 13.2 Å². The van der Waals surface area contributed by atoms with Crippen LogP contribution in [0.3, 0.4) is 0 Å². The molecule has 5 nitrogen and oxygen atoms in total. The number of hydrogen-bond donors (Lipinski definition) is 2. The molecule has 128 valence electrons. The summed E-state index contributed by atoms with van der Waals surface area (Å²) in [5.74, 6) is 0.932. The Balaban J connectivity index is 1.77. The molecule has 0 aromatic carbocycles. The van der Waals surface area contributed by atoms with Gasteiger partial charge in [0, 0.05) is 38.8 Å². The maximum Gasteiger partial charge on any atom is 0.191 e. The Labute approximate surface area is 135 Å². The van der Waals surface area contributed by atoms with Crippen LogP contribution in [0.1, 0.15) is 46.5 Å². The smallest absolute Gasteiger partial charge is 0.191 e. The van der Waals surface area contributed by atoms with Crippen LogP contribution >= 0.6 is 0 Å². The number of ether oxygens (including phenoxy) is 1. The summed E-state index contributed by atoms with van der Waals surface area (Å²) in [4.78, 5) is 6.88. The molecule has 0 bridgehead atoms. The van der Waals surface area contributed by atoms with Crippen molar-refractivity contribution in [2.75, 3.05) is 46.4 Å². The molecule has 0 spiro atoms. The number of nitrogens with one attached hydrogen (secondary N) is 2. The van der Waals surface area contributed by atoms with Crippen LogP contribution in [0.2, 0.25) is 0 Å². The number of morpholine rings is 1. The quantitative estimate of drug-likeness (QED) is 0.580. The summed E-state index contributed by atoms with van der Waals surface area (Å²) in [7, 11) is 1.86. The Morgan fingerprint density at radius 1 is 1.23 bits per heavy atom. The van der Waals surface area contributed by atoms with E-state index in [1.54, 1.807) is 0 Å². The van der Waals surface area contributed by atoms with Crippen LogP contribution < -0.4 is 10.6 Å². The van der Waals surface area contributed by atoms with Crippen LogP contribution in [0.5, 0.6) is 0 Å². The third-order valence-corrected chi connectivity index (χ3v) is 5.57. The summed E-state index contributed by atoms with van der Waals surface area (Å²) in [6.45, 7) is 12.5. The molecule has 0 amide bonds. The minimum Gasteiger partial charge on any atom is -0.379 e. The number of nitrogens with zero attached hydrogens (tertiary/aromatic N) is 2. The van der Waals surface area contributed by atoms with Gasteiger partial charge in [-0.25, -0.2) is 0 Å². The van der Waals surface area contributed by atoms with Crippen LogP contribution in [-0.2, 0) is 4.74 Å². The second-order valence-corrected chi connectivity index (χ2v) is 7.40. The zero-order valence-electron chi connectivity index (χ0n) is 14.9. The van der Waals surface area contributed by atoms with Crippen LogP contribution in [0.15, 0.2) is 4.99 Å². The molecule has 0 aromatic rings. The summed E-state index contributed by atoms with van der Waals surface area (Å²) in [5, 5.41) is 7.04. The fourth-order valence-corrected chi connectivity index (χ4v) is 3.40. The fraction of sp³-hybridized carbons (Fsp3) is 0.941. The molecule has 22 heavy (non-hydrogen) atoms. The van der Waals surface area contributed by atoms with E-state index in [1.807, 2.05) is 7.05 Å². The third-order valence-electron chi connectivity index (χ3n) is 5.57. The predicted molar refractivity (Wildman–Crippen MR) is 92.4 cm³/mol. The number of rotatable bonds is 6. The maximum atomic E-state index is 5.45. The van der Waals surface area contributed by atoms with Crippen LogP contribution in [-0.4, -0.2) is 62.8 Å². The van der Waals surface area contributed by atoms with Crippen LogP contribution in [0.25, 0.3) is 0 Å². The molecule has 0 unspecified atom stereocenters. The van der Waals surface area contributed by atoms with E-state index in [0.717, 1.165) is 45.4 Å². The Kier molecular flexibility index (Phi) is 6.09. The minimum atomic E-state index is 0.111. The zero-order valence-corrected chi connectivity index (χ0v) is 14.9. The van der Waals surface area contributed by atoms with E-state index < -0.39 is 0 Å². The highest BCUT2D eigenvalue weighted by Gasteiger charge is 2.35. The Bertz CT molecular complexity index is 365. The van der Waals surface area contributed by atoms with Crippen molar-refractivity contribution in [3.05, 3.63) is 0 Å². The van der Waals surface area contributed by atoms with Gasteiger partial charge in [0.15, 0.2) is 5.96 Å². The van der Waals surface area contributed by atoms with E-state index in [0.29, 0.717) is 5.41 Å². The summed E-state index contributed by atoms with van der Waals surface area (Å²) in [6, 6.07) is 0. The predicted octanol–water partition coefficient (Wildman–Crippen LogP) is 1.84. The lowest BCUT2D eigenvalue weighted by molar-refractivity contribution is -0.00836. The van der Waals surface area contributed by atoms with Crippen molar-refractivity contribution in [3.8, 4) is 0 Å². The first-order chi connectivity index (χ1) is 10.5. The van der Waals surface area contributed by atoms with E-state index in [4.69, 9.17) is 4.74 Å². The third kappa shape index (κ3) is 4.35. The molecule has 0 aromatic heterocycles. The average Bonchev–Trinajstić information content (AvgIpc) is 2.50. The first kappa shape index (κ1) is 17.5. The van der Waals surface area contributed by atoms with E-state index in [9.17, 15) is 0 Å². The summed E-state index contributed by atoms with van der Waals surface area (Å²) >= 11 is 0. The summed E-state index contributed by atoms with van der Waals surface area (Å²) in [6.07, 6.45) is 5.35. The van der Waals surface area contributed by atoms with Gasteiger partial charge in [0.1, 0.15) is 0 Å². The van der Waals surface area contributed by atoms with E-state index in [1.165, 1.54) is 25.7 Å². The normalized spacial score (nSPS) is 23.0. The molecule has 2 fully saturated rings. The van der Waals surface area contributed by atoms with Gasteiger partial charge in [-0.2, -0.15) is 0 Å². The minimum absolute atomic E-state index is 0.111. The molecule has 0 atom stereocenters. The lowest BCUT2D eigenvalue weighted by atomic mass is 9.67. The molecule has 1 saturated carbocycles. The second-order valence-electron chi connectivity index (χ2n) is 7.40. The first-order valence-electron chi connectivity index (χ1n) is 8.79. The SMILES string of the molecule is CCC1(CNC(=NC)NCC(C)(C)N2CCOCC2)CCC1. The Hall–Kier alpha value is -0.810. The Morgan fingerprint density at radius 3 is 2.41 bits per heavy atom. The van der Waals surface area contributed by atoms with Gasteiger partial charge in [0.2, 0.25) is 0 Å². The van der Waals surface area contributed by atoms with Gasteiger partial charge in [-0.05, 0) is 38.5 Å². The van der Waals surface area contributed by atoms with Crippen molar-refractivity contribution in [1.82, 2.24) is 15.5 Å². The maximum absolute atomic E-state index is 5.45. The molecule has 2 aliphatic rings. The zero-order chi connectivity index (χ0) is 16.1. The van der Waals surface area contributed by atoms with Gasteiger partial charge in [0.25, 0.3) is 0 Å². The molecule has 1 saturated heterocycles. The average molecular weight is 310 g/mol. The number of hydrogen-bond acceptors (Lipinski definition) is 3. The monoisotopic (exact) mass is 310 g/mol. The standard InChI is InChI=1S/C17H34N4O/c1-5-17(7-6-8-17)14-20-15(18-4)19-13-16(2,3)21-9-11-22-12-10-21/h5-14H2,1-4H3,(H2,18,19,20). The van der Waals surface area contributed by atoms with Crippen molar-refractivity contribution in [3.63, 3.8) is 0 Å². The number of aliphatic imine (C=N–C) groups is 1. The van der Waals surface area contributed by atoms with Gasteiger partial charge in [-0.1, -0.05) is 13.3 Å². The first-order valence-corrected chi connectivity index (χ1v) is 8.79. The highest BCUT2D eigenvalue weighted by atomic mass is 16.5. The van der Waals surface area contributed by atoms with Crippen molar-refractivity contribution < 1.29 is 4.74 Å². The van der Waals surface area contributed by atoms with Crippen molar-refractivity contribution in [1.29, 1.82) is 0 Å². The van der Waals surface area contributed by atoms with Crippen molar-refractivity contribution >= 4 is 5.96 Å². The summed E-state index contributed by atoms with van der Waals surface area (Å²) in [5.41, 5.74) is 0.623. The van der Waals surface area contributed by atoms with Crippen LogP contribution in [0.4, 0.5) is 0 Å². The second kappa shape index (κ2) is 7.64. The molecule has 1 aliphatic heterocycles. The highest BCUT2D eigenvalue weighted by Crippen LogP contribution is 2.42. The molecule has 1 heterocycles. The molecule has 5 heteroatoms. The topological polar surface area (TPSA) is 48.9 Å². The van der Waals surface area contributed by atoms with E-state index in [-0.39, 0.29) is 5.54 Å². The lowest BCUT2D eigenvalue weighted by Gasteiger charge is -2.42. The van der Waals surface area contributed by atoms with E-state index >= 15 is 0 Å². The van der Waals surface area contributed by atoms with Gasteiger partial charge in [-0.3, -0.25) is 9.89 Å². The van der Waals surface area contributed by atoms with E-state index in [2.05, 4.69) is 41.3 Å². The molecule has 2 rings (SSSR count). The molecule has 0 radical (unpaired) electrons. The Morgan fingerprint density at radius 2 is 1.91 bits per heavy atom. The molecular formula is C17H34N4O. The van der Waals surface area contributed by atoms with Gasteiger partial charge in [-0.15, -0.1) is 0 Å². The highest BCUT2D eigenvalue weighted by molar-refractivity contribution is 5.79. The number of guanidine groups is 1. The van der Waals surface area contributed by atoms with Crippen molar-refractivity contribution in [2.24, 2.45) is 10.4 Å². The lowest BCUT2D eigenvalue weighted by Crippen LogP contribution is -2.57. The van der Waals surface area contributed by atoms with Crippen molar-refractivity contribution in [2.45, 2.75) is 52.0 Å².